The van der Waals surface area contributed by atoms with Gasteiger partial charge in [0.15, 0.2) is 5.75 Å². The largest absolute Gasteiger partial charge is 0.454 e. The van der Waals surface area contributed by atoms with Gasteiger partial charge in [-0.3, -0.25) is 25.0 Å². The molecule has 0 radical (unpaired) electrons. The lowest BCUT2D eigenvalue weighted by Gasteiger charge is -2.06. The third kappa shape index (κ3) is 2.20. The molecule has 9 heteroatoms. The van der Waals surface area contributed by atoms with Crippen LogP contribution < -0.4 is 10.1 Å². The zero-order valence-corrected chi connectivity index (χ0v) is 10.8. The summed E-state index contributed by atoms with van der Waals surface area (Å²) in [5, 5.41) is 24.1. The van der Waals surface area contributed by atoms with Gasteiger partial charge in [0.1, 0.15) is 5.75 Å². The number of nitrogens with one attached hydrogen (secondary N) is 1. The summed E-state index contributed by atoms with van der Waals surface area (Å²) in [5.74, 6) is -0.413. The van der Waals surface area contributed by atoms with Gasteiger partial charge in [-0.25, -0.2) is 0 Å². The van der Waals surface area contributed by atoms with Crippen LogP contribution in [-0.4, -0.2) is 15.8 Å². The van der Waals surface area contributed by atoms with E-state index in [-0.39, 0.29) is 34.1 Å². The second kappa shape index (κ2) is 4.81. The van der Waals surface area contributed by atoms with Crippen molar-refractivity contribution in [3.05, 3.63) is 62.2 Å². The Bertz CT molecular complexity index is 833. The van der Waals surface area contributed by atoms with E-state index in [2.05, 4.69) is 5.32 Å². The van der Waals surface area contributed by atoms with Crippen LogP contribution in [0.5, 0.6) is 11.5 Å². The molecule has 1 amide bonds. The van der Waals surface area contributed by atoms with Gasteiger partial charge in [0.05, 0.1) is 27.2 Å². The van der Waals surface area contributed by atoms with Crippen molar-refractivity contribution in [2.45, 2.75) is 0 Å². The molecular weight excluding hydrogens is 294 g/mol. The van der Waals surface area contributed by atoms with Crippen molar-refractivity contribution in [1.29, 1.82) is 0 Å². The Morgan fingerprint density at radius 2 is 1.55 bits per heavy atom. The lowest BCUT2D eigenvalue weighted by molar-refractivity contribution is -0.385. The minimum atomic E-state index is -0.629. The monoisotopic (exact) mass is 301 g/mol. The summed E-state index contributed by atoms with van der Waals surface area (Å²) in [5.41, 5.74) is -0.227. The summed E-state index contributed by atoms with van der Waals surface area (Å²) in [6.07, 6.45) is 0. The third-order valence-electron chi connectivity index (χ3n) is 3.06. The van der Waals surface area contributed by atoms with Crippen LogP contribution in [0.1, 0.15) is 10.4 Å². The Labute approximate surface area is 122 Å². The fourth-order valence-corrected chi connectivity index (χ4v) is 2.02. The number of non-ortho nitro benzene ring substituents is 2. The molecule has 22 heavy (non-hydrogen) atoms. The van der Waals surface area contributed by atoms with Crippen molar-refractivity contribution in [1.82, 2.24) is 0 Å². The number of carbonyl (C=O) groups is 1. The van der Waals surface area contributed by atoms with Gasteiger partial charge >= 0.3 is 0 Å². The smallest absolute Gasteiger partial charge is 0.273 e. The molecule has 0 aliphatic carbocycles. The van der Waals surface area contributed by atoms with Crippen molar-refractivity contribution in [2.75, 3.05) is 5.32 Å². The molecule has 0 fully saturated rings. The minimum Gasteiger partial charge on any atom is -0.454 e. The Balaban J connectivity index is 2.11. The van der Waals surface area contributed by atoms with Gasteiger partial charge in [0.25, 0.3) is 17.3 Å². The zero-order valence-electron chi connectivity index (χ0n) is 10.8. The van der Waals surface area contributed by atoms with Gasteiger partial charge in [-0.2, -0.15) is 0 Å². The first-order valence-corrected chi connectivity index (χ1v) is 6.02. The van der Waals surface area contributed by atoms with E-state index in [1.807, 2.05) is 0 Å². The molecule has 3 rings (SSSR count). The molecule has 0 saturated carbocycles. The lowest BCUT2D eigenvalue weighted by Crippen LogP contribution is -2.10. The van der Waals surface area contributed by atoms with Crippen LogP contribution in [0.2, 0.25) is 0 Å². The van der Waals surface area contributed by atoms with Crippen LogP contribution in [-0.2, 0) is 0 Å². The summed E-state index contributed by atoms with van der Waals surface area (Å²) in [6, 6.07) is 7.29. The van der Waals surface area contributed by atoms with E-state index in [1.54, 1.807) is 0 Å². The highest BCUT2D eigenvalue weighted by Gasteiger charge is 2.24. The van der Waals surface area contributed by atoms with Crippen LogP contribution in [0.25, 0.3) is 0 Å². The number of amides is 1. The highest BCUT2D eigenvalue weighted by Crippen LogP contribution is 2.38. The van der Waals surface area contributed by atoms with E-state index in [4.69, 9.17) is 4.74 Å². The number of fused-ring (bicyclic) bond motifs is 2. The SMILES string of the molecule is O=C1Nc2ccc([N+](=O)[O-])cc2Oc2ccc([N+](=O)[O-])cc21. The lowest BCUT2D eigenvalue weighted by atomic mass is 10.1. The Morgan fingerprint density at radius 1 is 0.909 bits per heavy atom. The number of ether oxygens (including phenoxy) is 1. The van der Waals surface area contributed by atoms with Crippen molar-refractivity contribution in [3.63, 3.8) is 0 Å². The van der Waals surface area contributed by atoms with Gasteiger partial charge in [0, 0.05) is 18.2 Å². The topological polar surface area (TPSA) is 125 Å². The van der Waals surface area contributed by atoms with E-state index < -0.39 is 15.8 Å². The Morgan fingerprint density at radius 3 is 2.23 bits per heavy atom. The van der Waals surface area contributed by atoms with E-state index in [0.717, 1.165) is 6.07 Å². The Hall–Kier alpha value is -3.49. The maximum Gasteiger partial charge on any atom is 0.273 e. The first kappa shape index (κ1) is 13.5. The molecule has 0 bridgehead atoms. The second-order valence-electron chi connectivity index (χ2n) is 4.43. The molecule has 0 atom stereocenters. The molecule has 2 aromatic carbocycles. The molecule has 1 N–H and O–H groups in total. The number of benzene rings is 2. The van der Waals surface area contributed by atoms with E-state index in [1.165, 1.54) is 30.3 Å². The van der Waals surface area contributed by atoms with E-state index in [0.29, 0.717) is 0 Å². The molecule has 0 unspecified atom stereocenters. The fraction of sp³-hybridized carbons (Fsp3) is 0. The van der Waals surface area contributed by atoms with Crippen LogP contribution in [0, 0.1) is 20.2 Å². The van der Waals surface area contributed by atoms with Gasteiger partial charge < -0.3 is 10.1 Å². The molecule has 1 aliphatic heterocycles. The molecule has 1 aliphatic rings. The molecule has 2 aromatic rings. The summed E-state index contributed by atoms with van der Waals surface area (Å²) in [4.78, 5) is 32.5. The van der Waals surface area contributed by atoms with Crippen LogP contribution in [0.4, 0.5) is 17.1 Å². The number of carbonyl (C=O) groups excluding carboxylic acids is 1. The van der Waals surface area contributed by atoms with Crippen LogP contribution >= 0.6 is 0 Å². The first-order valence-electron chi connectivity index (χ1n) is 6.02. The summed E-state index contributed by atoms with van der Waals surface area (Å²) in [6.45, 7) is 0. The predicted octanol–water partition coefficient (Wildman–Crippen LogP) is 2.86. The standard InChI is InChI=1S/C13H7N3O6/c17-13-9-5-7(15(18)19)2-4-11(9)22-12-6-8(16(20)21)1-3-10(12)14-13/h1-6H,(H,14,17). The number of nitro groups is 2. The van der Waals surface area contributed by atoms with Crippen molar-refractivity contribution >= 4 is 23.0 Å². The van der Waals surface area contributed by atoms with Crippen molar-refractivity contribution in [3.8, 4) is 11.5 Å². The van der Waals surface area contributed by atoms with Crippen LogP contribution in [0.15, 0.2) is 36.4 Å². The molecule has 0 spiro atoms. The summed E-state index contributed by atoms with van der Waals surface area (Å²) in [7, 11) is 0. The number of rotatable bonds is 2. The normalized spacial score (nSPS) is 12.3. The molecule has 9 nitrogen and oxygen atoms in total. The predicted molar refractivity (Wildman–Crippen MR) is 74.2 cm³/mol. The number of nitro benzene ring substituents is 2. The molecule has 0 aromatic heterocycles. The summed E-state index contributed by atoms with van der Waals surface area (Å²) >= 11 is 0. The van der Waals surface area contributed by atoms with Crippen LogP contribution in [0.3, 0.4) is 0 Å². The van der Waals surface area contributed by atoms with Crippen molar-refractivity contribution in [2.24, 2.45) is 0 Å². The zero-order chi connectivity index (χ0) is 15.9. The molecule has 1 heterocycles. The number of anilines is 1. The van der Waals surface area contributed by atoms with Gasteiger partial charge in [-0.05, 0) is 12.1 Å². The highest BCUT2D eigenvalue weighted by molar-refractivity contribution is 6.08. The van der Waals surface area contributed by atoms with Gasteiger partial charge in [-0.1, -0.05) is 0 Å². The average molecular weight is 301 g/mol. The Kier molecular flexibility index (Phi) is 2.95. The fourth-order valence-electron chi connectivity index (χ4n) is 2.02. The minimum absolute atomic E-state index is 0.0203. The quantitative estimate of drug-likeness (QED) is 0.671. The number of hydrogen-bond donors (Lipinski definition) is 1. The van der Waals surface area contributed by atoms with Gasteiger partial charge in [0.2, 0.25) is 0 Å². The van der Waals surface area contributed by atoms with Gasteiger partial charge in [-0.15, -0.1) is 0 Å². The average Bonchev–Trinajstić information content (AvgIpc) is 2.61. The highest BCUT2D eigenvalue weighted by atomic mass is 16.6. The maximum atomic E-state index is 12.1. The third-order valence-corrected chi connectivity index (χ3v) is 3.06. The maximum absolute atomic E-state index is 12.1. The number of nitrogens with zero attached hydrogens (tertiary/aromatic N) is 2. The molecular formula is C13H7N3O6. The van der Waals surface area contributed by atoms with Crippen molar-refractivity contribution < 1.29 is 19.4 Å². The first-order chi connectivity index (χ1) is 10.5. The second-order valence-corrected chi connectivity index (χ2v) is 4.43. The van der Waals surface area contributed by atoms with E-state index >= 15 is 0 Å². The van der Waals surface area contributed by atoms with E-state index in [9.17, 15) is 25.0 Å². The number of hydrogen-bond acceptors (Lipinski definition) is 6. The molecule has 110 valence electrons. The summed E-state index contributed by atoms with van der Waals surface area (Å²) < 4.78 is 5.49. The molecule has 0 saturated heterocycles.